The van der Waals surface area contributed by atoms with Crippen LogP contribution < -0.4 is 0 Å². The summed E-state index contributed by atoms with van der Waals surface area (Å²) in [5.41, 5.74) is 1.87. The van der Waals surface area contributed by atoms with Crippen LogP contribution in [0.5, 0.6) is 0 Å². The third-order valence-corrected chi connectivity index (χ3v) is 5.64. The lowest BCUT2D eigenvalue weighted by atomic mass is 9.92. The summed E-state index contributed by atoms with van der Waals surface area (Å²) < 4.78 is 5.67. The number of carbonyl (C=O) groups is 2. The molecule has 0 aliphatic carbocycles. The molecule has 0 spiro atoms. The van der Waals surface area contributed by atoms with E-state index in [4.69, 9.17) is 4.74 Å². The van der Waals surface area contributed by atoms with E-state index in [2.05, 4.69) is 29.2 Å². The highest BCUT2D eigenvalue weighted by atomic mass is 16.6. The fraction of sp³-hybridized carbons (Fsp3) is 0.462. The second-order valence-corrected chi connectivity index (χ2v) is 9.23. The quantitative estimate of drug-likeness (QED) is 0.586. The number of nitrogens with zero attached hydrogens (tertiary/aromatic N) is 2. The van der Waals surface area contributed by atoms with Gasteiger partial charge in [-0.3, -0.25) is 4.90 Å². The number of hydrogen-bond acceptors (Lipinski definition) is 4. The van der Waals surface area contributed by atoms with E-state index in [-0.39, 0.29) is 18.2 Å². The summed E-state index contributed by atoms with van der Waals surface area (Å²) in [6.07, 6.45) is 2.74. The lowest BCUT2D eigenvalue weighted by molar-refractivity contribution is -0.110. The molecule has 2 aromatic carbocycles. The van der Waals surface area contributed by atoms with Crippen molar-refractivity contribution in [3.05, 3.63) is 71.8 Å². The summed E-state index contributed by atoms with van der Waals surface area (Å²) in [6.45, 7) is 7.76. The summed E-state index contributed by atoms with van der Waals surface area (Å²) in [5.74, 6) is 0. The molecule has 0 saturated carbocycles. The van der Waals surface area contributed by atoms with Crippen molar-refractivity contribution in [3.8, 4) is 0 Å². The van der Waals surface area contributed by atoms with Crippen molar-refractivity contribution >= 4 is 12.4 Å². The minimum atomic E-state index is -0.566. The van der Waals surface area contributed by atoms with Gasteiger partial charge in [-0.2, -0.15) is 0 Å². The molecule has 5 nitrogen and oxygen atoms in total. The average Bonchev–Trinajstić information content (AvgIpc) is 2.74. The van der Waals surface area contributed by atoms with Crippen LogP contribution in [0, 0.1) is 0 Å². The number of piperidine rings is 1. The van der Waals surface area contributed by atoms with E-state index in [1.807, 2.05) is 57.2 Å². The van der Waals surface area contributed by atoms with E-state index < -0.39 is 5.60 Å². The predicted molar refractivity (Wildman–Crippen MR) is 123 cm³/mol. The SMILES string of the molecule is CC(C)(C)OC(=O)N1CCC[C@H](N(Cc2ccccc2)Cc2ccccc2)[C@H]1CC=O. The number of ether oxygens (including phenoxy) is 1. The van der Waals surface area contributed by atoms with Crippen LogP contribution in [0.4, 0.5) is 4.79 Å². The predicted octanol–water partition coefficient (Wildman–Crippen LogP) is 5.05. The Morgan fingerprint density at radius 3 is 2.06 bits per heavy atom. The molecule has 3 rings (SSSR count). The fourth-order valence-corrected chi connectivity index (χ4v) is 4.32. The van der Waals surface area contributed by atoms with Crippen molar-refractivity contribution in [1.29, 1.82) is 0 Å². The maximum absolute atomic E-state index is 13.0. The molecule has 1 aliphatic heterocycles. The number of amides is 1. The molecule has 1 fully saturated rings. The molecule has 0 aromatic heterocycles. The van der Waals surface area contributed by atoms with Crippen LogP contribution in [0.2, 0.25) is 0 Å². The van der Waals surface area contributed by atoms with Crippen molar-refractivity contribution in [2.24, 2.45) is 0 Å². The van der Waals surface area contributed by atoms with Crippen LogP contribution in [-0.2, 0) is 22.6 Å². The summed E-state index contributed by atoms with van der Waals surface area (Å²) in [7, 11) is 0. The fourth-order valence-electron chi connectivity index (χ4n) is 4.32. The lowest BCUT2D eigenvalue weighted by Crippen LogP contribution is -2.57. The van der Waals surface area contributed by atoms with Gasteiger partial charge < -0.3 is 14.4 Å². The number of carbonyl (C=O) groups excluding carboxylic acids is 2. The standard InChI is InChI=1S/C26H34N2O3/c1-26(2,3)31-25(30)28-17-10-15-23(24(28)16-18-29)27(19-21-11-6-4-7-12-21)20-22-13-8-5-9-14-22/h4-9,11-14,18,23-24H,10,15-17,19-20H2,1-3H3/t23-,24+/m0/s1. The van der Waals surface area contributed by atoms with E-state index >= 15 is 0 Å². The van der Waals surface area contributed by atoms with Crippen LogP contribution in [0.15, 0.2) is 60.7 Å². The zero-order valence-corrected chi connectivity index (χ0v) is 18.9. The molecule has 2 atom stereocenters. The molecule has 0 unspecified atom stereocenters. The second-order valence-electron chi connectivity index (χ2n) is 9.23. The lowest BCUT2D eigenvalue weighted by Gasteiger charge is -2.45. The third kappa shape index (κ3) is 6.66. The molecule has 2 aromatic rings. The Morgan fingerprint density at radius 2 is 1.58 bits per heavy atom. The largest absolute Gasteiger partial charge is 0.444 e. The van der Waals surface area contributed by atoms with Crippen molar-refractivity contribution in [1.82, 2.24) is 9.80 Å². The normalized spacial score (nSPS) is 19.3. The molecule has 1 amide bonds. The van der Waals surface area contributed by atoms with E-state index in [0.29, 0.717) is 13.0 Å². The number of hydrogen-bond donors (Lipinski definition) is 0. The Morgan fingerprint density at radius 1 is 1.03 bits per heavy atom. The minimum absolute atomic E-state index is 0.0758. The molecule has 1 aliphatic rings. The molecule has 1 heterocycles. The van der Waals surface area contributed by atoms with Crippen LogP contribution in [-0.4, -0.2) is 46.4 Å². The number of rotatable bonds is 7. The van der Waals surface area contributed by atoms with Crippen LogP contribution in [0.25, 0.3) is 0 Å². The molecule has 0 N–H and O–H groups in total. The first-order valence-electron chi connectivity index (χ1n) is 11.1. The Kier molecular flexibility index (Phi) is 7.85. The first-order valence-corrected chi connectivity index (χ1v) is 11.1. The van der Waals surface area contributed by atoms with Crippen molar-refractivity contribution in [2.45, 2.75) is 70.8 Å². The van der Waals surface area contributed by atoms with Gasteiger partial charge in [-0.25, -0.2) is 4.79 Å². The van der Waals surface area contributed by atoms with Gasteiger partial charge in [0, 0.05) is 32.1 Å². The summed E-state index contributed by atoms with van der Waals surface area (Å²) in [4.78, 5) is 28.8. The topological polar surface area (TPSA) is 49.9 Å². The van der Waals surface area contributed by atoms with Gasteiger partial charge in [0.25, 0.3) is 0 Å². The van der Waals surface area contributed by atoms with E-state index in [1.54, 1.807) is 4.90 Å². The smallest absolute Gasteiger partial charge is 0.410 e. The zero-order chi connectivity index (χ0) is 22.3. The first kappa shape index (κ1) is 23.0. The number of likely N-dealkylation sites (tertiary alicyclic amines) is 1. The summed E-state index contributed by atoms with van der Waals surface area (Å²) in [6, 6.07) is 20.6. The summed E-state index contributed by atoms with van der Waals surface area (Å²) in [5, 5.41) is 0. The Balaban J connectivity index is 1.88. The molecule has 5 heteroatoms. The van der Waals surface area contributed by atoms with Gasteiger partial charge in [0.1, 0.15) is 11.9 Å². The van der Waals surface area contributed by atoms with E-state index in [0.717, 1.165) is 32.2 Å². The van der Waals surface area contributed by atoms with Gasteiger partial charge in [0.15, 0.2) is 0 Å². The molecular formula is C26H34N2O3. The Hall–Kier alpha value is -2.66. The Labute approximate surface area is 186 Å². The van der Waals surface area contributed by atoms with Crippen molar-refractivity contribution in [2.75, 3.05) is 6.54 Å². The highest BCUT2D eigenvalue weighted by Gasteiger charge is 2.39. The van der Waals surface area contributed by atoms with Gasteiger partial charge in [0.2, 0.25) is 0 Å². The van der Waals surface area contributed by atoms with E-state index in [9.17, 15) is 9.59 Å². The van der Waals surface area contributed by atoms with Crippen molar-refractivity contribution < 1.29 is 14.3 Å². The molecule has 166 valence electrons. The second kappa shape index (κ2) is 10.6. The third-order valence-electron chi connectivity index (χ3n) is 5.64. The monoisotopic (exact) mass is 422 g/mol. The van der Waals surface area contributed by atoms with Crippen molar-refractivity contribution in [3.63, 3.8) is 0 Å². The molecule has 31 heavy (non-hydrogen) atoms. The summed E-state index contributed by atoms with van der Waals surface area (Å²) >= 11 is 0. The molecular weight excluding hydrogens is 388 g/mol. The molecule has 0 radical (unpaired) electrons. The maximum atomic E-state index is 13.0. The highest BCUT2D eigenvalue weighted by molar-refractivity contribution is 5.69. The van der Waals surface area contributed by atoms with Gasteiger partial charge in [0.05, 0.1) is 6.04 Å². The average molecular weight is 423 g/mol. The zero-order valence-electron chi connectivity index (χ0n) is 18.9. The maximum Gasteiger partial charge on any atom is 0.410 e. The van der Waals surface area contributed by atoms with Crippen LogP contribution in [0.3, 0.4) is 0 Å². The molecule has 0 bridgehead atoms. The van der Waals surface area contributed by atoms with Gasteiger partial charge >= 0.3 is 6.09 Å². The van der Waals surface area contributed by atoms with Gasteiger partial charge in [-0.1, -0.05) is 60.7 Å². The van der Waals surface area contributed by atoms with Gasteiger partial charge in [-0.15, -0.1) is 0 Å². The first-order chi connectivity index (χ1) is 14.9. The van der Waals surface area contributed by atoms with Gasteiger partial charge in [-0.05, 0) is 44.7 Å². The van der Waals surface area contributed by atoms with Crippen LogP contribution in [0.1, 0.15) is 51.2 Å². The number of benzene rings is 2. The van der Waals surface area contributed by atoms with E-state index in [1.165, 1.54) is 11.1 Å². The number of aldehydes is 1. The highest BCUT2D eigenvalue weighted by Crippen LogP contribution is 2.29. The minimum Gasteiger partial charge on any atom is -0.444 e. The van der Waals surface area contributed by atoms with Crippen LogP contribution >= 0.6 is 0 Å². The molecule has 1 saturated heterocycles. The Bertz CT molecular complexity index is 791.